The van der Waals surface area contributed by atoms with Gasteiger partial charge in [0, 0.05) is 45.9 Å². The molecule has 25 heavy (non-hydrogen) atoms. The number of hydrogen-bond acceptors (Lipinski definition) is 4. The Balaban J connectivity index is 0.00000156. The van der Waals surface area contributed by atoms with E-state index in [0.717, 1.165) is 58.8 Å². The van der Waals surface area contributed by atoms with E-state index in [0.29, 0.717) is 0 Å². The molecule has 0 bridgehead atoms. The molecule has 1 atom stereocenters. The summed E-state index contributed by atoms with van der Waals surface area (Å²) in [6.45, 7) is 5.81. The van der Waals surface area contributed by atoms with E-state index in [9.17, 15) is 4.79 Å². The number of nitrogens with zero attached hydrogens (tertiary/aromatic N) is 2. The van der Waals surface area contributed by atoms with Crippen molar-refractivity contribution in [3.8, 4) is 0 Å². The van der Waals surface area contributed by atoms with E-state index in [1.54, 1.807) is 0 Å². The largest absolute Gasteiger partial charge is 0.381 e. The van der Waals surface area contributed by atoms with E-state index in [1.165, 1.54) is 5.56 Å². The number of hydrogen-bond donors (Lipinski definition) is 1. The van der Waals surface area contributed by atoms with Crippen molar-refractivity contribution in [1.82, 2.24) is 9.80 Å². The summed E-state index contributed by atoms with van der Waals surface area (Å²) >= 11 is 0. The van der Waals surface area contributed by atoms with Crippen LogP contribution in [-0.2, 0) is 16.1 Å². The van der Waals surface area contributed by atoms with Gasteiger partial charge in [-0.1, -0.05) is 30.3 Å². The highest BCUT2D eigenvalue weighted by Gasteiger charge is 2.31. The Labute approximate surface area is 162 Å². The highest BCUT2D eigenvalue weighted by atomic mass is 35.5. The maximum Gasteiger partial charge on any atom is 0.239 e. The minimum Gasteiger partial charge on any atom is -0.381 e. The first-order valence-electron chi connectivity index (χ1n) is 8.62. The maximum absolute atomic E-state index is 12.6. The van der Waals surface area contributed by atoms with Crippen molar-refractivity contribution in [3.63, 3.8) is 0 Å². The summed E-state index contributed by atoms with van der Waals surface area (Å²) in [4.78, 5) is 17.0. The molecule has 2 aliphatic heterocycles. The molecule has 5 nitrogen and oxygen atoms in total. The molecule has 0 radical (unpaired) electrons. The minimum absolute atomic E-state index is 0. The number of carbonyl (C=O) groups is 1. The summed E-state index contributed by atoms with van der Waals surface area (Å²) < 4.78 is 5.36. The summed E-state index contributed by atoms with van der Waals surface area (Å²) in [5, 5.41) is 0. The zero-order chi connectivity index (χ0) is 16.1. The van der Waals surface area contributed by atoms with Crippen LogP contribution in [0.3, 0.4) is 0 Å². The second-order valence-corrected chi connectivity index (χ2v) is 6.56. The Bertz CT molecular complexity index is 504. The Kier molecular flexibility index (Phi) is 9.75. The molecule has 2 saturated heterocycles. The number of halogens is 2. The minimum atomic E-state index is -0.362. The zero-order valence-corrected chi connectivity index (χ0v) is 16.1. The fourth-order valence-corrected chi connectivity index (χ4v) is 3.46. The van der Waals surface area contributed by atoms with Crippen LogP contribution in [-0.4, -0.2) is 61.1 Å². The second kappa shape index (κ2) is 11.0. The Hall–Kier alpha value is -0.850. The van der Waals surface area contributed by atoms with Gasteiger partial charge in [0.1, 0.15) is 0 Å². The SMILES string of the molecule is Cl.Cl.NC(C(=O)N1CCN(Cc2ccccc2)CC1)C1CCOCC1. The molecular formula is C18H29Cl2N3O2. The van der Waals surface area contributed by atoms with E-state index < -0.39 is 0 Å². The first kappa shape index (κ1) is 22.2. The van der Waals surface area contributed by atoms with Crippen LogP contribution in [0.1, 0.15) is 18.4 Å². The highest BCUT2D eigenvalue weighted by Crippen LogP contribution is 2.19. The lowest BCUT2D eigenvalue weighted by atomic mass is 9.91. The van der Waals surface area contributed by atoms with Crippen molar-refractivity contribution in [2.75, 3.05) is 39.4 Å². The van der Waals surface area contributed by atoms with E-state index in [-0.39, 0.29) is 42.7 Å². The number of benzene rings is 1. The molecule has 1 unspecified atom stereocenters. The number of carbonyl (C=O) groups excluding carboxylic acids is 1. The second-order valence-electron chi connectivity index (χ2n) is 6.56. The topological polar surface area (TPSA) is 58.8 Å². The number of ether oxygens (including phenoxy) is 1. The van der Waals surface area contributed by atoms with Crippen LogP contribution in [0.4, 0.5) is 0 Å². The summed E-state index contributed by atoms with van der Waals surface area (Å²) in [7, 11) is 0. The van der Waals surface area contributed by atoms with Gasteiger partial charge in [0.15, 0.2) is 0 Å². The Morgan fingerprint density at radius 3 is 2.28 bits per heavy atom. The van der Waals surface area contributed by atoms with Crippen molar-refractivity contribution in [2.24, 2.45) is 11.7 Å². The van der Waals surface area contributed by atoms with Crippen LogP contribution in [0.15, 0.2) is 30.3 Å². The highest BCUT2D eigenvalue weighted by molar-refractivity contribution is 5.85. The molecule has 0 spiro atoms. The fourth-order valence-electron chi connectivity index (χ4n) is 3.46. The van der Waals surface area contributed by atoms with Gasteiger partial charge in [0.05, 0.1) is 6.04 Å². The van der Waals surface area contributed by atoms with Crippen LogP contribution in [0.5, 0.6) is 0 Å². The van der Waals surface area contributed by atoms with Crippen molar-refractivity contribution in [1.29, 1.82) is 0 Å². The third-order valence-electron chi connectivity index (χ3n) is 4.99. The van der Waals surface area contributed by atoms with E-state index in [2.05, 4.69) is 29.2 Å². The molecule has 0 aliphatic carbocycles. The number of rotatable bonds is 4. The van der Waals surface area contributed by atoms with Crippen molar-refractivity contribution < 1.29 is 9.53 Å². The molecule has 2 N–H and O–H groups in total. The van der Waals surface area contributed by atoms with Crippen LogP contribution in [0, 0.1) is 5.92 Å². The first-order valence-corrected chi connectivity index (χ1v) is 8.62. The Morgan fingerprint density at radius 2 is 1.68 bits per heavy atom. The molecule has 1 aromatic carbocycles. The van der Waals surface area contributed by atoms with Gasteiger partial charge in [-0.2, -0.15) is 0 Å². The monoisotopic (exact) mass is 389 g/mol. The summed E-state index contributed by atoms with van der Waals surface area (Å²) in [6.07, 6.45) is 1.81. The molecule has 2 heterocycles. The molecule has 2 aliphatic rings. The zero-order valence-electron chi connectivity index (χ0n) is 14.5. The van der Waals surface area contributed by atoms with Gasteiger partial charge in [-0.05, 0) is 24.3 Å². The standard InChI is InChI=1S/C18H27N3O2.2ClH/c19-17(16-6-12-23-13-7-16)18(22)21-10-8-20(9-11-21)14-15-4-2-1-3-5-15;;/h1-5,16-17H,6-14,19H2;2*1H. The molecule has 142 valence electrons. The number of amides is 1. The number of piperazine rings is 1. The lowest BCUT2D eigenvalue weighted by Crippen LogP contribution is -2.55. The third-order valence-corrected chi connectivity index (χ3v) is 4.99. The van der Waals surface area contributed by atoms with Crippen molar-refractivity contribution in [2.45, 2.75) is 25.4 Å². The van der Waals surface area contributed by atoms with Gasteiger partial charge >= 0.3 is 0 Å². The Morgan fingerprint density at radius 1 is 1.08 bits per heavy atom. The van der Waals surface area contributed by atoms with Gasteiger partial charge in [0.2, 0.25) is 5.91 Å². The molecule has 0 aromatic heterocycles. The maximum atomic E-state index is 12.6. The van der Waals surface area contributed by atoms with Gasteiger partial charge in [-0.3, -0.25) is 9.69 Å². The van der Waals surface area contributed by atoms with Gasteiger partial charge in [0.25, 0.3) is 0 Å². The van der Waals surface area contributed by atoms with Crippen molar-refractivity contribution >= 4 is 30.7 Å². The van der Waals surface area contributed by atoms with Crippen LogP contribution < -0.4 is 5.73 Å². The molecule has 1 amide bonds. The van der Waals surface area contributed by atoms with E-state index >= 15 is 0 Å². The smallest absolute Gasteiger partial charge is 0.239 e. The quantitative estimate of drug-likeness (QED) is 0.854. The van der Waals surface area contributed by atoms with Gasteiger partial charge < -0.3 is 15.4 Å². The van der Waals surface area contributed by atoms with E-state index in [1.807, 2.05) is 11.0 Å². The molecule has 1 aromatic rings. The normalized spacial score (nSPS) is 20.3. The van der Waals surface area contributed by atoms with Gasteiger partial charge in [-0.15, -0.1) is 24.8 Å². The predicted molar refractivity (Wildman–Crippen MR) is 104 cm³/mol. The average Bonchev–Trinajstić information content (AvgIpc) is 2.63. The fraction of sp³-hybridized carbons (Fsp3) is 0.611. The summed E-state index contributed by atoms with van der Waals surface area (Å²) in [5.74, 6) is 0.398. The van der Waals surface area contributed by atoms with E-state index in [4.69, 9.17) is 10.5 Å². The lowest BCUT2D eigenvalue weighted by molar-refractivity contribution is -0.136. The van der Waals surface area contributed by atoms with Crippen LogP contribution in [0.25, 0.3) is 0 Å². The van der Waals surface area contributed by atoms with Gasteiger partial charge in [-0.25, -0.2) is 0 Å². The van der Waals surface area contributed by atoms with Crippen LogP contribution in [0.2, 0.25) is 0 Å². The summed E-state index contributed by atoms with van der Waals surface area (Å²) in [6, 6.07) is 10.1. The predicted octanol–water partition coefficient (Wildman–Crippen LogP) is 1.93. The lowest BCUT2D eigenvalue weighted by Gasteiger charge is -2.37. The third kappa shape index (κ3) is 6.12. The molecule has 7 heteroatoms. The molecular weight excluding hydrogens is 361 g/mol. The molecule has 3 rings (SSSR count). The van der Waals surface area contributed by atoms with Crippen molar-refractivity contribution in [3.05, 3.63) is 35.9 Å². The molecule has 2 fully saturated rings. The van der Waals surface area contributed by atoms with Crippen LogP contribution >= 0.6 is 24.8 Å². The first-order chi connectivity index (χ1) is 11.2. The number of nitrogens with two attached hydrogens (primary N) is 1. The summed E-state index contributed by atoms with van der Waals surface area (Å²) in [5.41, 5.74) is 7.55. The molecule has 0 saturated carbocycles. The average molecular weight is 390 g/mol.